The number of thioether (sulfide) groups is 1. The maximum atomic E-state index is 12.7. The Labute approximate surface area is 166 Å². The summed E-state index contributed by atoms with van der Waals surface area (Å²) in [6, 6.07) is 15.7. The Hall–Kier alpha value is -1.79. The van der Waals surface area contributed by atoms with Crippen LogP contribution in [-0.4, -0.2) is 23.6 Å². The maximum Gasteiger partial charge on any atom is 0.227 e. The zero-order chi connectivity index (χ0) is 18.5. The highest BCUT2D eigenvalue weighted by Gasteiger charge is 2.26. The molecule has 1 aliphatic heterocycles. The van der Waals surface area contributed by atoms with E-state index >= 15 is 0 Å². The van der Waals surface area contributed by atoms with Crippen molar-refractivity contribution in [1.29, 1.82) is 0 Å². The molecule has 0 saturated heterocycles. The normalized spacial score (nSPS) is 16.1. The molecule has 136 valence electrons. The largest absolute Gasteiger partial charge is 0.352 e. The Balaban J connectivity index is 1.53. The van der Waals surface area contributed by atoms with Crippen molar-refractivity contribution in [2.24, 2.45) is 0 Å². The summed E-state index contributed by atoms with van der Waals surface area (Å²) < 4.78 is 0.982. The molecule has 2 aromatic carbocycles. The standard InChI is InChI=1S/C20H21BrN2O2S/c1-14-13-23(17-7-2-3-8-18(17)26-14)20(25)10-9-19(24)22-12-15-5-4-6-16(21)11-15/h2-8,11,14H,9-10,12-13H2,1H3,(H,22,24). The van der Waals surface area contributed by atoms with Crippen molar-refractivity contribution in [1.82, 2.24) is 5.32 Å². The van der Waals surface area contributed by atoms with Gasteiger partial charge in [-0.25, -0.2) is 0 Å². The van der Waals surface area contributed by atoms with Crippen LogP contribution in [0.2, 0.25) is 0 Å². The fourth-order valence-electron chi connectivity index (χ4n) is 2.92. The van der Waals surface area contributed by atoms with Crippen LogP contribution in [0.15, 0.2) is 57.9 Å². The van der Waals surface area contributed by atoms with Crippen molar-refractivity contribution in [3.8, 4) is 0 Å². The molecular weight excluding hydrogens is 412 g/mol. The van der Waals surface area contributed by atoms with Crippen molar-refractivity contribution >= 4 is 45.2 Å². The first-order valence-corrected chi connectivity index (χ1v) is 10.3. The molecule has 0 bridgehead atoms. The van der Waals surface area contributed by atoms with Crippen LogP contribution in [0.1, 0.15) is 25.3 Å². The fraction of sp³-hybridized carbons (Fsp3) is 0.300. The van der Waals surface area contributed by atoms with Crippen LogP contribution in [-0.2, 0) is 16.1 Å². The SMILES string of the molecule is CC1CN(C(=O)CCC(=O)NCc2cccc(Br)c2)c2ccccc2S1. The molecule has 0 fully saturated rings. The predicted octanol–water partition coefficient (Wildman–Crippen LogP) is 4.37. The molecule has 2 aromatic rings. The Bertz CT molecular complexity index is 812. The van der Waals surface area contributed by atoms with Gasteiger partial charge < -0.3 is 10.2 Å². The fourth-order valence-corrected chi connectivity index (χ4v) is 4.48. The van der Waals surface area contributed by atoms with Gasteiger partial charge in [0.2, 0.25) is 11.8 Å². The molecular formula is C20H21BrN2O2S. The summed E-state index contributed by atoms with van der Waals surface area (Å²) in [6.07, 6.45) is 0.420. The van der Waals surface area contributed by atoms with E-state index in [0.29, 0.717) is 18.3 Å². The molecule has 1 N–H and O–H groups in total. The van der Waals surface area contributed by atoms with Gasteiger partial charge in [0.05, 0.1) is 5.69 Å². The van der Waals surface area contributed by atoms with Crippen molar-refractivity contribution in [2.45, 2.75) is 36.5 Å². The van der Waals surface area contributed by atoms with E-state index in [1.54, 1.807) is 11.8 Å². The van der Waals surface area contributed by atoms with Crippen LogP contribution in [0.4, 0.5) is 5.69 Å². The number of rotatable bonds is 5. The minimum atomic E-state index is -0.106. The highest BCUT2D eigenvalue weighted by Crippen LogP contribution is 2.38. The van der Waals surface area contributed by atoms with Gasteiger partial charge in [0.25, 0.3) is 0 Å². The van der Waals surface area contributed by atoms with Crippen molar-refractivity contribution in [2.75, 3.05) is 11.4 Å². The van der Waals surface area contributed by atoms with Crippen LogP contribution in [0.25, 0.3) is 0 Å². The van der Waals surface area contributed by atoms with E-state index in [1.807, 2.05) is 53.4 Å². The molecule has 2 amide bonds. The molecule has 0 aliphatic carbocycles. The monoisotopic (exact) mass is 432 g/mol. The third kappa shape index (κ3) is 4.89. The Morgan fingerprint density at radius 1 is 1.19 bits per heavy atom. The van der Waals surface area contributed by atoms with Crippen LogP contribution in [0.3, 0.4) is 0 Å². The minimum Gasteiger partial charge on any atom is -0.352 e. The van der Waals surface area contributed by atoms with E-state index in [0.717, 1.165) is 20.6 Å². The second-order valence-electron chi connectivity index (χ2n) is 6.31. The number of benzene rings is 2. The number of fused-ring (bicyclic) bond motifs is 1. The van der Waals surface area contributed by atoms with Gasteiger partial charge in [-0.2, -0.15) is 0 Å². The molecule has 1 heterocycles. The number of amides is 2. The Morgan fingerprint density at radius 3 is 2.81 bits per heavy atom. The summed E-state index contributed by atoms with van der Waals surface area (Å²) in [5, 5.41) is 3.22. The number of para-hydroxylation sites is 1. The van der Waals surface area contributed by atoms with Gasteiger partial charge in [-0.1, -0.05) is 47.1 Å². The Kier molecular flexibility index (Phi) is 6.38. The lowest BCUT2D eigenvalue weighted by atomic mass is 10.2. The average Bonchev–Trinajstić information content (AvgIpc) is 2.63. The molecule has 1 atom stereocenters. The second-order valence-corrected chi connectivity index (χ2v) is 8.70. The van der Waals surface area contributed by atoms with E-state index in [4.69, 9.17) is 0 Å². The molecule has 0 radical (unpaired) electrons. The summed E-state index contributed by atoms with van der Waals surface area (Å²) in [5.41, 5.74) is 1.98. The molecule has 0 spiro atoms. The maximum absolute atomic E-state index is 12.7. The zero-order valence-electron chi connectivity index (χ0n) is 14.6. The van der Waals surface area contributed by atoms with Crippen LogP contribution in [0, 0.1) is 0 Å². The zero-order valence-corrected chi connectivity index (χ0v) is 17.0. The molecule has 1 aliphatic rings. The summed E-state index contributed by atoms with van der Waals surface area (Å²) in [4.78, 5) is 27.7. The first-order chi connectivity index (χ1) is 12.5. The topological polar surface area (TPSA) is 49.4 Å². The second kappa shape index (κ2) is 8.73. The van der Waals surface area contributed by atoms with Gasteiger partial charge in [0.1, 0.15) is 0 Å². The summed E-state index contributed by atoms with van der Waals surface area (Å²) >= 11 is 5.20. The van der Waals surface area contributed by atoms with Gasteiger partial charge >= 0.3 is 0 Å². The van der Waals surface area contributed by atoms with E-state index in [2.05, 4.69) is 28.2 Å². The van der Waals surface area contributed by atoms with Gasteiger partial charge in [-0.15, -0.1) is 11.8 Å². The van der Waals surface area contributed by atoms with Crippen molar-refractivity contribution < 1.29 is 9.59 Å². The van der Waals surface area contributed by atoms with E-state index < -0.39 is 0 Å². The molecule has 1 unspecified atom stereocenters. The Morgan fingerprint density at radius 2 is 2.00 bits per heavy atom. The van der Waals surface area contributed by atoms with Gasteiger partial charge in [0.15, 0.2) is 0 Å². The van der Waals surface area contributed by atoms with E-state index in [-0.39, 0.29) is 24.7 Å². The van der Waals surface area contributed by atoms with Gasteiger partial charge in [-0.05, 0) is 29.8 Å². The van der Waals surface area contributed by atoms with E-state index in [9.17, 15) is 9.59 Å². The number of nitrogens with one attached hydrogen (secondary N) is 1. The smallest absolute Gasteiger partial charge is 0.227 e. The minimum absolute atomic E-state index is 0.00204. The predicted molar refractivity (Wildman–Crippen MR) is 109 cm³/mol. The summed E-state index contributed by atoms with van der Waals surface area (Å²) in [6.45, 7) is 3.26. The number of carbonyl (C=O) groups excluding carboxylic acids is 2. The molecule has 6 heteroatoms. The number of anilines is 1. The first-order valence-electron chi connectivity index (χ1n) is 8.60. The number of hydrogen-bond donors (Lipinski definition) is 1. The molecule has 26 heavy (non-hydrogen) atoms. The van der Waals surface area contributed by atoms with Gasteiger partial charge in [0, 0.05) is 40.5 Å². The summed E-state index contributed by atoms with van der Waals surface area (Å²) in [5.74, 6) is -0.103. The van der Waals surface area contributed by atoms with Crippen LogP contribution in [0.5, 0.6) is 0 Å². The molecule has 3 rings (SSSR count). The lowest BCUT2D eigenvalue weighted by Crippen LogP contribution is -2.39. The van der Waals surface area contributed by atoms with Crippen LogP contribution >= 0.6 is 27.7 Å². The molecule has 4 nitrogen and oxygen atoms in total. The third-order valence-electron chi connectivity index (χ3n) is 4.17. The quantitative estimate of drug-likeness (QED) is 0.762. The highest BCUT2D eigenvalue weighted by molar-refractivity contribution is 9.10. The van der Waals surface area contributed by atoms with Crippen molar-refractivity contribution in [3.63, 3.8) is 0 Å². The lowest BCUT2D eigenvalue weighted by Gasteiger charge is -2.32. The van der Waals surface area contributed by atoms with E-state index in [1.165, 1.54) is 0 Å². The lowest BCUT2D eigenvalue weighted by molar-refractivity contribution is -0.125. The van der Waals surface area contributed by atoms with Crippen molar-refractivity contribution in [3.05, 3.63) is 58.6 Å². The average molecular weight is 433 g/mol. The van der Waals surface area contributed by atoms with Gasteiger partial charge in [-0.3, -0.25) is 9.59 Å². The number of carbonyl (C=O) groups is 2. The first kappa shape index (κ1) is 19.0. The molecule has 0 saturated carbocycles. The summed E-state index contributed by atoms with van der Waals surface area (Å²) in [7, 11) is 0. The molecule has 0 aromatic heterocycles. The van der Waals surface area contributed by atoms with Crippen LogP contribution < -0.4 is 10.2 Å². The number of halogens is 1. The third-order valence-corrected chi connectivity index (χ3v) is 5.81. The number of nitrogens with zero attached hydrogens (tertiary/aromatic N) is 1. The highest BCUT2D eigenvalue weighted by atomic mass is 79.9. The number of hydrogen-bond acceptors (Lipinski definition) is 3.